The van der Waals surface area contributed by atoms with Gasteiger partial charge in [0.1, 0.15) is 0 Å². The van der Waals surface area contributed by atoms with Gasteiger partial charge in [-0.25, -0.2) is 0 Å². The van der Waals surface area contributed by atoms with Gasteiger partial charge in [0.2, 0.25) is 5.91 Å². The number of esters is 1. The van der Waals surface area contributed by atoms with Crippen LogP contribution in [0.1, 0.15) is 399 Å². The Balaban J connectivity index is 3.42. The summed E-state index contributed by atoms with van der Waals surface area (Å²) in [4.78, 5) is 24.6. The van der Waals surface area contributed by atoms with E-state index in [2.05, 4.69) is 31.3 Å². The maximum absolute atomic E-state index is 12.5. The Labute approximate surface area is 488 Å². The molecule has 1 amide bonds. The fraction of sp³-hybridized carbons (Fsp3) is 0.917. The van der Waals surface area contributed by atoms with Gasteiger partial charge in [0.25, 0.3) is 0 Å². The second-order valence-corrected chi connectivity index (χ2v) is 24.6. The number of amides is 1. The van der Waals surface area contributed by atoms with Crippen molar-refractivity contribution in [3.05, 3.63) is 24.3 Å². The number of ether oxygens (including phenoxy) is 1. The highest BCUT2D eigenvalue weighted by atomic mass is 16.5. The smallest absolute Gasteiger partial charge is 0.305 e. The number of nitrogens with one attached hydrogen (secondary N) is 1. The van der Waals surface area contributed by atoms with E-state index in [0.29, 0.717) is 19.4 Å². The Morgan fingerprint density at radius 2 is 0.603 bits per heavy atom. The summed E-state index contributed by atoms with van der Waals surface area (Å²) in [5.41, 5.74) is 0. The molecular weight excluding hydrogens is 959 g/mol. The predicted molar refractivity (Wildman–Crippen MR) is 343 cm³/mol. The van der Waals surface area contributed by atoms with Gasteiger partial charge < -0.3 is 20.3 Å². The average molecular weight is 1100 g/mol. The van der Waals surface area contributed by atoms with Gasteiger partial charge in [-0.1, -0.05) is 353 Å². The van der Waals surface area contributed by atoms with Crippen molar-refractivity contribution in [3.8, 4) is 0 Å². The minimum Gasteiger partial charge on any atom is -0.466 e. The van der Waals surface area contributed by atoms with E-state index in [0.717, 1.165) is 44.9 Å². The third-order valence-electron chi connectivity index (χ3n) is 16.7. The number of allylic oxidation sites excluding steroid dienone is 3. The van der Waals surface area contributed by atoms with E-state index in [9.17, 15) is 19.8 Å². The number of rotatable bonds is 67. The summed E-state index contributed by atoms with van der Waals surface area (Å²) in [6.07, 6.45) is 85.3. The van der Waals surface area contributed by atoms with Crippen molar-refractivity contribution < 1.29 is 24.5 Å². The zero-order valence-corrected chi connectivity index (χ0v) is 52.9. The van der Waals surface area contributed by atoms with Crippen molar-refractivity contribution in [2.24, 2.45) is 0 Å². The van der Waals surface area contributed by atoms with Crippen LogP contribution in [0, 0.1) is 0 Å². The molecule has 462 valence electrons. The van der Waals surface area contributed by atoms with E-state index in [1.165, 1.54) is 327 Å². The summed E-state index contributed by atoms with van der Waals surface area (Å²) in [6, 6.07) is -0.632. The summed E-state index contributed by atoms with van der Waals surface area (Å²) in [5.74, 6) is -0.0598. The molecule has 0 saturated heterocycles. The molecular formula is C72H139NO5. The standard InChI is InChI=1S/C72H139NO5/c1-3-5-7-9-11-13-15-17-19-21-23-24-25-26-27-29-32-36-40-44-48-52-56-60-64-70(75)69(68-74)73-71(76)65-61-57-53-49-45-41-37-33-30-28-31-35-39-43-47-51-55-59-63-67-78-72(77)66-62-58-54-50-46-42-38-34-22-20-18-16-14-12-10-8-6-4-2/h20,22,60,64,69-70,74-75H,3-19,21,23-59,61-63,65-68H2,1-2H3,(H,73,76)/b22-20-,64-60+. The maximum Gasteiger partial charge on any atom is 0.305 e. The fourth-order valence-electron chi connectivity index (χ4n) is 11.3. The Morgan fingerprint density at radius 3 is 0.910 bits per heavy atom. The monoisotopic (exact) mass is 1100 g/mol. The van der Waals surface area contributed by atoms with E-state index in [1.54, 1.807) is 6.08 Å². The minimum atomic E-state index is -0.848. The predicted octanol–water partition coefficient (Wildman–Crippen LogP) is 22.9. The number of unbranched alkanes of at least 4 members (excludes halogenated alkanes) is 54. The lowest BCUT2D eigenvalue weighted by Gasteiger charge is -2.20. The van der Waals surface area contributed by atoms with Crippen LogP contribution in [-0.2, 0) is 14.3 Å². The van der Waals surface area contributed by atoms with Gasteiger partial charge in [-0.05, 0) is 57.8 Å². The Bertz CT molecular complexity index is 1220. The van der Waals surface area contributed by atoms with Crippen LogP contribution in [0.25, 0.3) is 0 Å². The van der Waals surface area contributed by atoms with Crippen molar-refractivity contribution in [2.75, 3.05) is 13.2 Å². The maximum atomic E-state index is 12.5. The minimum absolute atomic E-state index is 0.00652. The number of carbonyl (C=O) groups is 2. The first-order valence-electron chi connectivity index (χ1n) is 35.6. The zero-order valence-electron chi connectivity index (χ0n) is 52.9. The first kappa shape index (κ1) is 76.3. The highest BCUT2D eigenvalue weighted by molar-refractivity contribution is 5.76. The Morgan fingerprint density at radius 1 is 0.346 bits per heavy atom. The number of carbonyl (C=O) groups excluding carboxylic acids is 2. The van der Waals surface area contributed by atoms with Gasteiger partial charge in [0.05, 0.1) is 25.4 Å². The van der Waals surface area contributed by atoms with Crippen molar-refractivity contribution in [2.45, 2.75) is 411 Å². The molecule has 0 rings (SSSR count). The molecule has 6 heteroatoms. The largest absolute Gasteiger partial charge is 0.466 e. The highest BCUT2D eigenvalue weighted by Gasteiger charge is 2.18. The molecule has 0 heterocycles. The molecule has 6 nitrogen and oxygen atoms in total. The SMILES string of the molecule is CCCCCCCCC/C=C\CCCCCCCCCC(=O)OCCCCCCCCCCCCCCCCCCCCCC(=O)NC(CO)C(O)/C=C/CCCCCCCCCCCCCCCCCCCCCCCC. The quantitative estimate of drug-likeness (QED) is 0.0320. The van der Waals surface area contributed by atoms with Crippen molar-refractivity contribution in [1.29, 1.82) is 0 Å². The van der Waals surface area contributed by atoms with E-state index < -0.39 is 12.1 Å². The van der Waals surface area contributed by atoms with Gasteiger partial charge in [0.15, 0.2) is 0 Å². The molecule has 78 heavy (non-hydrogen) atoms. The van der Waals surface area contributed by atoms with Gasteiger partial charge in [0, 0.05) is 12.8 Å². The number of aliphatic hydroxyl groups is 2. The molecule has 2 atom stereocenters. The molecule has 0 fully saturated rings. The van der Waals surface area contributed by atoms with Crippen LogP contribution in [0.4, 0.5) is 0 Å². The van der Waals surface area contributed by atoms with Crippen LogP contribution in [0.2, 0.25) is 0 Å². The topological polar surface area (TPSA) is 95.9 Å². The lowest BCUT2D eigenvalue weighted by Crippen LogP contribution is -2.45. The fourth-order valence-corrected chi connectivity index (χ4v) is 11.3. The van der Waals surface area contributed by atoms with E-state index in [4.69, 9.17) is 4.74 Å². The first-order chi connectivity index (χ1) is 38.5. The number of aliphatic hydroxyl groups excluding tert-OH is 2. The summed E-state index contributed by atoms with van der Waals surface area (Å²) in [6.45, 7) is 4.93. The third kappa shape index (κ3) is 63.5. The average Bonchev–Trinajstić information content (AvgIpc) is 3.44. The zero-order chi connectivity index (χ0) is 56.4. The van der Waals surface area contributed by atoms with Crippen molar-refractivity contribution in [3.63, 3.8) is 0 Å². The molecule has 2 unspecified atom stereocenters. The molecule has 0 radical (unpaired) electrons. The first-order valence-corrected chi connectivity index (χ1v) is 35.6. The molecule has 0 aliphatic carbocycles. The van der Waals surface area contributed by atoms with Crippen molar-refractivity contribution in [1.82, 2.24) is 5.32 Å². The molecule has 0 aromatic heterocycles. The number of hydrogen-bond donors (Lipinski definition) is 3. The van der Waals surface area contributed by atoms with Gasteiger partial charge in [-0.15, -0.1) is 0 Å². The lowest BCUT2D eigenvalue weighted by atomic mass is 10.0. The van der Waals surface area contributed by atoms with Crippen LogP contribution < -0.4 is 5.32 Å². The Hall–Kier alpha value is -1.66. The molecule has 0 aliphatic heterocycles. The van der Waals surface area contributed by atoms with Crippen LogP contribution in [-0.4, -0.2) is 47.4 Å². The lowest BCUT2D eigenvalue weighted by molar-refractivity contribution is -0.143. The number of hydrogen-bond acceptors (Lipinski definition) is 5. The molecule has 0 aliphatic rings. The van der Waals surface area contributed by atoms with Crippen LogP contribution in [0.3, 0.4) is 0 Å². The van der Waals surface area contributed by atoms with E-state index in [1.807, 2.05) is 6.08 Å². The normalized spacial score (nSPS) is 12.6. The van der Waals surface area contributed by atoms with Crippen molar-refractivity contribution >= 4 is 11.9 Å². The summed E-state index contributed by atoms with van der Waals surface area (Å²) < 4.78 is 5.50. The second kappa shape index (κ2) is 67.8. The van der Waals surface area contributed by atoms with Crippen LogP contribution in [0.5, 0.6) is 0 Å². The van der Waals surface area contributed by atoms with Crippen LogP contribution in [0.15, 0.2) is 24.3 Å². The molecule has 0 spiro atoms. The molecule has 0 bridgehead atoms. The summed E-state index contributed by atoms with van der Waals surface area (Å²) >= 11 is 0. The molecule has 0 saturated carbocycles. The van der Waals surface area contributed by atoms with Gasteiger partial charge in [-0.3, -0.25) is 9.59 Å². The van der Waals surface area contributed by atoms with E-state index in [-0.39, 0.29) is 18.5 Å². The Kier molecular flexibility index (Phi) is 66.4. The summed E-state index contributed by atoms with van der Waals surface area (Å²) in [7, 11) is 0. The second-order valence-electron chi connectivity index (χ2n) is 24.6. The third-order valence-corrected chi connectivity index (χ3v) is 16.7. The molecule has 0 aromatic rings. The molecule has 0 aromatic carbocycles. The van der Waals surface area contributed by atoms with Gasteiger partial charge >= 0.3 is 5.97 Å². The van der Waals surface area contributed by atoms with E-state index >= 15 is 0 Å². The van der Waals surface area contributed by atoms with Gasteiger partial charge in [-0.2, -0.15) is 0 Å². The van der Waals surface area contributed by atoms with Crippen LogP contribution >= 0.6 is 0 Å². The molecule has 3 N–H and O–H groups in total. The summed E-state index contributed by atoms with van der Waals surface area (Å²) in [5, 5.41) is 23.3. The highest BCUT2D eigenvalue weighted by Crippen LogP contribution is 2.19.